The maximum atomic E-state index is 16.6. The van der Waals surface area contributed by atoms with Crippen molar-refractivity contribution in [2.45, 2.75) is 45.1 Å². The number of nitrogens with two attached hydrogens (primary N) is 1. The van der Waals surface area contributed by atoms with Gasteiger partial charge < -0.3 is 20.3 Å². The van der Waals surface area contributed by atoms with Gasteiger partial charge in [-0.25, -0.2) is 18.7 Å². The maximum Gasteiger partial charge on any atom is 0.226 e. The minimum atomic E-state index is -0.604. The summed E-state index contributed by atoms with van der Waals surface area (Å²) in [6.45, 7) is 9.59. The molecule has 1 aromatic carbocycles. The van der Waals surface area contributed by atoms with Crippen LogP contribution in [0.1, 0.15) is 37.0 Å². The summed E-state index contributed by atoms with van der Waals surface area (Å²) in [6.07, 6.45) is 3.71. The van der Waals surface area contributed by atoms with Gasteiger partial charge in [0.25, 0.3) is 0 Å². The third kappa shape index (κ3) is 4.06. The highest BCUT2D eigenvalue weighted by molar-refractivity contribution is 7.23. The summed E-state index contributed by atoms with van der Waals surface area (Å²) in [5.74, 6) is -0.712. The Kier molecular flexibility index (Phi) is 6.13. The lowest BCUT2D eigenvalue weighted by atomic mass is 9.94. The van der Waals surface area contributed by atoms with Crippen LogP contribution in [0, 0.1) is 23.0 Å². The molecule has 6 heterocycles. The van der Waals surface area contributed by atoms with Crippen molar-refractivity contribution in [3.05, 3.63) is 40.7 Å². The van der Waals surface area contributed by atoms with Gasteiger partial charge in [0.15, 0.2) is 11.6 Å². The zero-order valence-corrected chi connectivity index (χ0v) is 24.0. The van der Waals surface area contributed by atoms with Crippen LogP contribution in [0.25, 0.3) is 32.2 Å². The Labute approximate surface area is 240 Å². The van der Waals surface area contributed by atoms with E-state index in [0.717, 1.165) is 62.2 Å². The molecule has 0 radical (unpaired) electrons. The first-order chi connectivity index (χ1) is 19.7. The van der Waals surface area contributed by atoms with Crippen LogP contribution in [0.4, 0.5) is 19.7 Å². The number of nitrogens with zero attached hydrogens (tertiary/aromatic N) is 7. The Morgan fingerprint density at radius 2 is 1.95 bits per heavy atom. The predicted octanol–water partition coefficient (Wildman–Crippen LogP) is 4.27. The fraction of sp³-hybridized carbons (Fsp3) is 0.448. The first kappa shape index (κ1) is 26.4. The van der Waals surface area contributed by atoms with Gasteiger partial charge in [-0.2, -0.15) is 5.26 Å². The van der Waals surface area contributed by atoms with E-state index < -0.39 is 11.6 Å². The number of nitrogen functional groups attached to an aromatic ring is 1. The molecule has 2 saturated heterocycles. The number of aromatic nitrogens is 3. The second-order valence-electron chi connectivity index (χ2n) is 11.8. The molecule has 7 rings (SSSR count). The number of ether oxygens (including phenoxy) is 1. The number of anilines is 2. The molecule has 9 nitrogen and oxygen atoms in total. The molecule has 0 aliphatic carbocycles. The Hall–Kier alpha value is -3.50. The molecule has 0 bridgehead atoms. The van der Waals surface area contributed by atoms with Gasteiger partial charge in [0.1, 0.15) is 16.6 Å². The number of pyridine rings is 1. The van der Waals surface area contributed by atoms with Crippen LogP contribution in [0.2, 0.25) is 0 Å². The van der Waals surface area contributed by atoms with Crippen LogP contribution < -0.4 is 10.6 Å². The van der Waals surface area contributed by atoms with E-state index in [-0.39, 0.29) is 56.2 Å². The fourth-order valence-electron chi connectivity index (χ4n) is 6.96. The average Bonchev–Trinajstić information content (AvgIpc) is 3.68. The minimum absolute atomic E-state index is 0.0559. The number of hydrogen-bond acceptors (Lipinski definition) is 10. The van der Waals surface area contributed by atoms with Gasteiger partial charge in [0, 0.05) is 66.8 Å². The van der Waals surface area contributed by atoms with E-state index in [4.69, 9.17) is 15.5 Å². The molecular formula is C29H30F2N8OS. The smallest absolute Gasteiger partial charge is 0.226 e. The largest absolute Gasteiger partial charge is 0.389 e. The molecule has 3 aromatic heterocycles. The molecule has 1 atom stereocenters. The summed E-state index contributed by atoms with van der Waals surface area (Å²) in [7, 11) is 2.16. The number of piperazine rings is 1. The van der Waals surface area contributed by atoms with Crippen molar-refractivity contribution in [3.63, 3.8) is 0 Å². The molecule has 0 amide bonds. The van der Waals surface area contributed by atoms with E-state index in [9.17, 15) is 9.65 Å². The van der Waals surface area contributed by atoms with Crippen molar-refractivity contribution in [2.24, 2.45) is 0 Å². The number of benzene rings is 1. The number of fused-ring (bicyclic) bond motifs is 4. The van der Waals surface area contributed by atoms with Gasteiger partial charge in [-0.3, -0.25) is 9.88 Å². The van der Waals surface area contributed by atoms with E-state index in [2.05, 4.69) is 51.6 Å². The first-order valence-electron chi connectivity index (χ1n) is 13.7. The van der Waals surface area contributed by atoms with Crippen molar-refractivity contribution >= 4 is 43.3 Å². The number of hydrogen-bond donors (Lipinski definition) is 1. The summed E-state index contributed by atoms with van der Waals surface area (Å²) < 4.78 is 37.3. The summed E-state index contributed by atoms with van der Waals surface area (Å²) in [5, 5.41) is 10.8. The molecular weight excluding hydrogens is 546 g/mol. The number of likely N-dealkylation sites (N-methyl/N-ethyl adjacent to an activating group) is 1. The highest BCUT2D eigenvalue weighted by atomic mass is 32.1. The normalized spacial score (nSPS) is 21.2. The van der Waals surface area contributed by atoms with Gasteiger partial charge in [0.05, 0.1) is 35.4 Å². The van der Waals surface area contributed by atoms with Crippen molar-refractivity contribution < 1.29 is 13.5 Å². The van der Waals surface area contributed by atoms with Gasteiger partial charge in [-0.05, 0) is 38.4 Å². The van der Waals surface area contributed by atoms with Crippen LogP contribution >= 0.6 is 11.3 Å². The second-order valence-corrected chi connectivity index (χ2v) is 12.9. The van der Waals surface area contributed by atoms with Crippen molar-refractivity contribution in [3.8, 4) is 17.3 Å². The topological polar surface area (TPSA) is 107 Å². The Morgan fingerprint density at radius 1 is 1.15 bits per heavy atom. The van der Waals surface area contributed by atoms with E-state index in [1.165, 1.54) is 0 Å². The summed E-state index contributed by atoms with van der Waals surface area (Å²) >= 11 is 0.960. The van der Waals surface area contributed by atoms with Crippen molar-refractivity contribution in [2.75, 3.05) is 50.4 Å². The lowest BCUT2D eigenvalue weighted by Gasteiger charge is -2.49. The molecule has 212 valence electrons. The predicted molar refractivity (Wildman–Crippen MR) is 155 cm³/mol. The van der Waals surface area contributed by atoms with Gasteiger partial charge in [0.2, 0.25) is 5.95 Å². The second kappa shape index (κ2) is 9.52. The van der Waals surface area contributed by atoms with E-state index >= 15 is 4.39 Å². The summed E-state index contributed by atoms with van der Waals surface area (Å²) in [6, 6.07) is 2.41. The van der Waals surface area contributed by atoms with Crippen molar-refractivity contribution in [1.82, 2.24) is 24.8 Å². The fourth-order valence-corrected chi connectivity index (χ4v) is 7.88. The van der Waals surface area contributed by atoms with Crippen LogP contribution in [-0.2, 0) is 18.0 Å². The molecule has 41 heavy (non-hydrogen) atoms. The highest BCUT2D eigenvalue weighted by Gasteiger charge is 2.40. The third-order valence-electron chi connectivity index (χ3n) is 8.78. The lowest BCUT2D eigenvalue weighted by Crippen LogP contribution is -2.61. The Bertz CT molecular complexity index is 1770. The Balaban J connectivity index is 1.33. The molecule has 3 aliphatic heterocycles. The average molecular weight is 577 g/mol. The SMILES string of the molecule is CN1CCN([C@@H]2CCN(c3ncc4c5c(c(-c6ncc(F)c7sc(N)c(C#N)c67)c(F)c4n3)COC5)C2)C(C)(C)C1. The molecule has 0 spiro atoms. The molecule has 2 N–H and O–H groups in total. The quantitative estimate of drug-likeness (QED) is 0.383. The Morgan fingerprint density at radius 3 is 2.73 bits per heavy atom. The molecule has 0 unspecified atom stereocenters. The third-order valence-corrected chi connectivity index (χ3v) is 9.80. The zero-order valence-electron chi connectivity index (χ0n) is 23.2. The highest BCUT2D eigenvalue weighted by Crippen LogP contribution is 2.45. The lowest BCUT2D eigenvalue weighted by molar-refractivity contribution is 0.00435. The number of halogens is 2. The van der Waals surface area contributed by atoms with Crippen LogP contribution in [0.15, 0.2) is 12.4 Å². The van der Waals surface area contributed by atoms with Gasteiger partial charge in [-0.15, -0.1) is 11.3 Å². The molecule has 3 aliphatic rings. The number of thiophene rings is 1. The van der Waals surface area contributed by atoms with Crippen LogP contribution in [0.3, 0.4) is 0 Å². The van der Waals surface area contributed by atoms with E-state index in [1.807, 2.05) is 0 Å². The van der Waals surface area contributed by atoms with Crippen LogP contribution in [-0.4, -0.2) is 76.1 Å². The summed E-state index contributed by atoms with van der Waals surface area (Å²) in [5.41, 5.74) is 8.10. The van der Waals surface area contributed by atoms with Gasteiger partial charge >= 0.3 is 0 Å². The molecule has 12 heteroatoms. The standard InChI is InChI=1S/C29H30F2N8OS/c1-29(2)14-37(3)6-7-39(29)15-4-5-38(11-15)28-35-9-17-18-12-40-13-19(18)21(23(31)24(17)36-28)25-22-16(8-32)27(33)41-26(22)20(30)10-34-25/h9-10,15H,4-7,11-14,33H2,1-3H3/t15-/m1/s1. The van der Waals surface area contributed by atoms with Crippen molar-refractivity contribution in [1.29, 1.82) is 5.26 Å². The molecule has 0 saturated carbocycles. The summed E-state index contributed by atoms with van der Waals surface area (Å²) in [4.78, 5) is 20.8. The zero-order chi connectivity index (χ0) is 28.6. The molecule has 2 fully saturated rings. The molecule has 4 aromatic rings. The van der Waals surface area contributed by atoms with E-state index in [0.29, 0.717) is 22.9 Å². The number of nitriles is 1. The number of rotatable bonds is 3. The van der Waals surface area contributed by atoms with Gasteiger partial charge in [-0.1, -0.05) is 0 Å². The first-order valence-corrected chi connectivity index (χ1v) is 14.5. The monoisotopic (exact) mass is 576 g/mol. The maximum absolute atomic E-state index is 16.6. The van der Waals surface area contributed by atoms with E-state index in [1.54, 1.807) is 6.20 Å². The van der Waals surface area contributed by atoms with Crippen LogP contribution in [0.5, 0.6) is 0 Å². The minimum Gasteiger partial charge on any atom is -0.389 e.